The van der Waals surface area contributed by atoms with E-state index in [0.717, 1.165) is 46.7 Å². The van der Waals surface area contributed by atoms with Crippen LogP contribution in [-0.2, 0) is 25.8 Å². The number of thiazole rings is 1. The molecule has 10 heteroatoms. The largest absolute Gasteiger partial charge is 0.497 e. The standard InChI is InChI=1S/C32H33F3N4O2S/c1-23-6-8-24(9-7-23)19-37(20-25-4-3-5-26(18-25)32(33,34)35)21-30-36-29(22-42-30)31(40)39-16-14-38(15-17-39)27-10-12-28(41-2)13-11-27/h3-13,18,22H,14-17,19-21H2,1-2H3. The first-order valence-electron chi connectivity index (χ1n) is 13.7. The van der Waals surface area contributed by atoms with E-state index < -0.39 is 11.7 Å². The molecule has 0 bridgehead atoms. The molecule has 5 rings (SSSR count). The minimum absolute atomic E-state index is 0.102. The van der Waals surface area contributed by atoms with Crippen molar-refractivity contribution in [2.45, 2.75) is 32.7 Å². The number of anilines is 1. The van der Waals surface area contributed by atoms with Gasteiger partial charge in [0, 0.05) is 50.3 Å². The Hall–Kier alpha value is -3.89. The number of carbonyl (C=O) groups is 1. The van der Waals surface area contributed by atoms with Gasteiger partial charge >= 0.3 is 6.18 Å². The van der Waals surface area contributed by atoms with Crippen molar-refractivity contribution in [3.63, 3.8) is 0 Å². The summed E-state index contributed by atoms with van der Waals surface area (Å²) in [5, 5.41) is 2.52. The Morgan fingerprint density at radius 1 is 0.929 bits per heavy atom. The van der Waals surface area contributed by atoms with Crippen molar-refractivity contribution >= 4 is 22.9 Å². The van der Waals surface area contributed by atoms with Crippen LogP contribution in [0.4, 0.5) is 18.9 Å². The number of nitrogens with zero attached hydrogens (tertiary/aromatic N) is 4. The highest BCUT2D eigenvalue weighted by Gasteiger charge is 2.30. The maximum absolute atomic E-state index is 13.3. The Morgan fingerprint density at radius 3 is 2.29 bits per heavy atom. The molecule has 42 heavy (non-hydrogen) atoms. The van der Waals surface area contributed by atoms with E-state index in [-0.39, 0.29) is 5.91 Å². The summed E-state index contributed by atoms with van der Waals surface area (Å²) in [5.41, 5.74) is 3.59. The Kier molecular flexibility index (Phi) is 9.13. The Morgan fingerprint density at radius 2 is 1.62 bits per heavy atom. The molecule has 0 saturated carbocycles. The number of aromatic nitrogens is 1. The quantitative estimate of drug-likeness (QED) is 0.217. The number of halogens is 3. The zero-order valence-electron chi connectivity index (χ0n) is 23.6. The number of benzene rings is 3. The van der Waals surface area contributed by atoms with Gasteiger partial charge in [0.1, 0.15) is 16.5 Å². The summed E-state index contributed by atoms with van der Waals surface area (Å²) in [6, 6.07) is 21.4. The number of rotatable bonds is 9. The van der Waals surface area contributed by atoms with Crippen LogP contribution in [0, 0.1) is 6.92 Å². The zero-order chi connectivity index (χ0) is 29.7. The number of amides is 1. The highest BCUT2D eigenvalue weighted by molar-refractivity contribution is 7.09. The van der Waals surface area contributed by atoms with Gasteiger partial charge in [0.05, 0.1) is 19.2 Å². The van der Waals surface area contributed by atoms with Gasteiger partial charge in [0.25, 0.3) is 5.91 Å². The molecule has 0 spiro atoms. The molecule has 1 fully saturated rings. The summed E-state index contributed by atoms with van der Waals surface area (Å²) in [5.74, 6) is 0.703. The third-order valence-electron chi connectivity index (χ3n) is 7.32. The molecular formula is C32H33F3N4O2S. The second kappa shape index (κ2) is 13.0. The van der Waals surface area contributed by atoms with Gasteiger partial charge in [-0.3, -0.25) is 9.69 Å². The lowest BCUT2D eigenvalue weighted by atomic mass is 10.1. The van der Waals surface area contributed by atoms with Crippen molar-refractivity contribution in [1.29, 1.82) is 0 Å². The first kappa shape index (κ1) is 29.6. The molecule has 3 aromatic carbocycles. The molecule has 1 amide bonds. The van der Waals surface area contributed by atoms with Crippen LogP contribution in [0.15, 0.2) is 78.2 Å². The number of aryl methyl sites for hydroxylation is 1. The van der Waals surface area contributed by atoms with Crippen molar-refractivity contribution in [1.82, 2.24) is 14.8 Å². The molecule has 2 heterocycles. The molecular weight excluding hydrogens is 561 g/mol. The van der Waals surface area contributed by atoms with Gasteiger partial charge in [0.2, 0.25) is 0 Å². The smallest absolute Gasteiger partial charge is 0.416 e. The fraction of sp³-hybridized carbons (Fsp3) is 0.312. The number of methoxy groups -OCH3 is 1. The van der Waals surface area contributed by atoms with E-state index in [2.05, 4.69) is 14.8 Å². The zero-order valence-corrected chi connectivity index (χ0v) is 24.4. The number of carbonyl (C=O) groups excluding carboxylic acids is 1. The molecule has 0 radical (unpaired) electrons. The molecule has 1 aromatic heterocycles. The van der Waals surface area contributed by atoms with Gasteiger partial charge in [-0.15, -0.1) is 11.3 Å². The summed E-state index contributed by atoms with van der Waals surface area (Å²) in [4.78, 5) is 24.1. The second-order valence-electron chi connectivity index (χ2n) is 10.4. The molecule has 1 aliphatic rings. The lowest BCUT2D eigenvalue weighted by Crippen LogP contribution is -2.48. The minimum atomic E-state index is -4.40. The highest BCUT2D eigenvalue weighted by atomic mass is 32.1. The van der Waals surface area contributed by atoms with Crippen LogP contribution in [0.3, 0.4) is 0 Å². The van der Waals surface area contributed by atoms with Crippen molar-refractivity contribution in [2.24, 2.45) is 0 Å². The van der Waals surface area contributed by atoms with Crippen molar-refractivity contribution in [3.8, 4) is 5.75 Å². The summed E-state index contributed by atoms with van der Waals surface area (Å²) in [6.07, 6.45) is -4.40. The average Bonchev–Trinajstić information content (AvgIpc) is 3.46. The fourth-order valence-corrected chi connectivity index (χ4v) is 5.83. The lowest BCUT2D eigenvalue weighted by molar-refractivity contribution is -0.137. The van der Waals surface area contributed by atoms with Crippen molar-refractivity contribution in [3.05, 3.63) is 111 Å². The molecule has 220 valence electrons. The Labute approximate surface area is 248 Å². The van der Waals surface area contributed by atoms with Gasteiger partial charge in [-0.2, -0.15) is 13.2 Å². The van der Waals surface area contributed by atoms with E-state index in [1.54, 1.807) is 18.6 Å². The summed E-state index contributed by atoms with van der Waals surface area (Å²) < 4.78 is 45.3. The first-order chi connectivity index (χ1) is 20.2. The summed E-state index contributed by atoms with van der Waals surface area (Å²) >= 11 is 1.40. The van der Waals surface area contributed by atoms with Crippen LogP contribution < -0.4 is 9.64 Å². The Balaban J connectivity index is 1.25. The van der Waals surface area contributed by atoms with Crippen LogP contribution in [0.1, 0.15) is 37.7 Å². The summed E-state index contributed by atoms with van der Waals surface area (Å²) in [7, 11) is 1.64. The first-order valence-corrected chi connectivity index (χ1v) is 14.6. The minimum Gasteiger partial charge on any atom is -0.497 e. The van der Waals surface area contributed by atoms with Crippen LogP contribution in [0.5, 0.6) is 5.75 Å². The summed E-state index contributed by atoms with van der Waals surface area (Å²) in [6.45, 7) is 5.89. The molecule has 0 atom stereocenters. The predicted octanol–water partition coefficient (Wildman–Crippen LogP) is 6.64. The molecule has 1 aliphatic heterocycles. The number of hydrogen-bond donors (Lipinski definition) is 0. The molecule has 4 aromatic rings. The lowest BCUT2D eigenvalue weighted by Gasteiger charge is -2.35. The third-order valence-corrected chi connectivity index (χ3v) is 8.16. The highest BCUT2D eigenvalue weighted by Crippen LogP contribution is 2.30. The average molecular weight is 595 g/mol. The van der Waals surface area contributed by atoms with Crippen LogP contribution in [-0.4, -0.2) is 54.0 Å². The number of hydrogen-bond acceptors (Lipinski definition) is 6. The van der Waals surface area contributed by atoms with E-state index in [1.807, 2.05) is 60.4 Å². The van der Waals surface area contributed by atoms with Gasteiger partial charge in [0.15, 0.2) is 0 Å². The van der Waals surface area contributed by atoms with Crippen molar-refractivity contribution in [2.75, 3.05) is 38.2 Å². The third kappa shape index (κ3) is 7.49. The van der Waals surface area contributed by atoms with Gasteiger partial charge < -0.3 is 14.5 Å². The van der Waals surface area contributed by atoms with Crippen LogP contribution in [0.25, 0.3) is 0 Å². The SMILES string of the molecule is COc1ccc(N2CCN(C(=O)c3csc(CN(Cc4ccc(C)cc4)Cc4cccc(C(F)(F)F)c4)n3)CC2)cc1. The van der Waals surface area contributed by atoms with Crippen LogP contribution in [0.2, 0.25) is 0 Å². The molecule has 0 N–H and O–H groups in total. The molecule has 6 nitrogen and oxygen atoms in total. The number of ether oxygens (including phenoxy) is 1. The number of piperazine rings is 1. The van der Waals surface area contributed by atoms with E-state index in [0.29, 0.717) is 44.0 Å². The number of alkyl halides is 3. The molecule has 0 unspecified atom stereocenters. The van der Waals surface area contributed by atoms with Gasteiger partial charge in [-0.1, -0.05) is 48.0 Å². The van der Waals surface area contributed by atoms with E-state index in [9.17, 15) is 18.0 Å². The van der Waals surface area contributed by atoms with E-state index in [4.69, 9.17) is 4.74 Å². The molecule has 0 aliphatic carbocycles. The van der Waals surface area contributed by atoms with Gasteiger partial charge in [-0.05, 0) is 48.4 Å². The Bertz CT molecular complexity index is 1480. The van der Waals surface area contributed by atoms with Crippen LogP contribution >= 0.6 is 11.3 Å². The van der Waals surface area contributed by atoms with E-state index >= 15 is 0 Å². The van der Waals surface area contributed by atoms with Crippen molar-refractivity contribution < 1.29 is 22.7 Å². The monoisotopic (exact) mass is 594 g/mol. The maximum atomic E-state index is 13.3. The predicted molar refractivity (Wildman–Crippen MR) is 159 cm³/mol. The van der Waals surface area contributed by atoms with Gasteiger partial charge in [-0.25, -0.2) is 4.98 Å². The fourth-order valence-electron chi connectivity index (χ4n) is 5.02. The normalized spacial score (nSPS) is 14.0. The molecule has 1 saturated heterocycles. The van der Waals surface area contributed by atoms with E-state index in [1.165, 1.54) is 23.5 Å². The topological polar surface area (TPSA) is 48.9 Å². The second-order valence-corrected chi connectivity index (χ2v) is 11.4. The maximum Gasteiger partial charge on any atom is 0.416 e.